The number of nitrogens with zero attached hydrogens (tertiary/aromatic N) is 2. The van der Waals surface area contributed by atoms with Crippen molar-refractivity contribution in [1.82, 2.24) is 0 Å². The van der Waals surface area contributed by atoms with Gasteiger partial charge in [0.1, 0.15) is 10.4 Å². The van der Waals surface area contributed by atoms with E-state index in [2.05, 4.69) is 20.7 Å². The summed E-state index contributed by atoms with van der Waals surface area (Å²) in [4.78, 5) is 13.1. The summed E-state index contributed by atoms with van der Waals surface area (Å²) in [6, 6.07) is 0. The van der Waals surface area contributed by atoms with E-state index >= 15 is 0 Å². The lowest BCUT2D eigenvalue weighted by Crippen LogP contribution is -1.99. The van der Waals surface area contributed by atoms with Crippen LogP contribution < -0.4 is 0 Å². The molecule has 0 spiro atoms. The van der Waals surface area contributed by atoms with E-state index in [9.17, 15) is 4.79 Å². The Balaban J connectivity index is 3.17. The minimum absolute atomic E-state index is 0.393. The number of allylic oxidation sites excluding steroid dienone is 5. The molecule has 0 heterocycles. The zero-order chi connectivity index (χ0) is 8.27. The minimum atomic E-state index is 0.393. The lowest BCUT2D eigenvalue weighted by molar-refractivity contribution is -0.00180. The second-order valence-corrected chi connectivity index (χ2v) is 2.72. The summed E-state index contributed by atoms with van der Waals surface area (Å²) in [5.74, 6) is 1.72. The van der Waals surface area contributed by atoms with Gasteiger partial charge in [-0.05, 0) is 28.1 Å². The van der Waals surface area contributed by atoms with Gasteiger partial charge in [-0.15, -0.1) is 0 Å². The van der Waals surface area contributed by atoms with E-state index < -0.39 is 0 Å². The van der Waals surface area contributed by atoms with Gasteiger partial charge in [-0.25, -0.2) is 4.79 Å². The van der Waals surface area contributed by atoms with Gasteiger partial charge in [0.25, 0.3) is 0 Å². The topological polar surface area (TPSA) is 53.5 Å². The van der Waals surface area contributed by atoms with Crippen molar-refractivity contribution in [3.05, 3.63) is 33.8 Å². The van der Waals surface area contributed by atoms with Gasteiger partial charge >= 0.3 is 5.71 Å². The van der Waals surface area contributed by atoms with Crippen LogP contribution in [0.5, 0.6) is 0 Å². The third-order valence-corrected chi connectivity index (χ3v) is 1.81. The largest absolute Gasteiger partial charge is 0.361 e. The van der Waals surface area contributed by atoms with E-state index in [4.69, 9.17) is 5.53 Å². The zero-order valence-corrected chi connectivity index (χ0v) is 7.00. The van der Waals surface area contributed by atoms with Gasteiger partial charge < -0.3 is 5.53 Å². The molecule has 0 saturated carbocycles. The number of rotatable bonds is 0. The molecule has 0 radical (unpaired) electrons. The van der Waals surface area contributed by atoms with Gasteiger partial charge in [-0.2, -0.15) is 4.79 Å². The summed E-state index contributed by atoms with van der Waals surface area (Å²) in [5, 5.41) is 0. The Kier molecular flexibility index (Phi) is 2.34. The average molecular weight is 211 g/mol. The Morgan fingerprint density at radius 1 is 1.55 bits per heavy atom. The van der Waals surface area contributed by atoms with Crippen LogP contribution in [0.15, 0.2) is 28.3 Å². The summed E-state index contributed by atoms with van der Waals surface area (Å²) >= 11 is 3.12. The van der Waals surface area contributed by atoms with E-state index in [-0.39, 0.29) is 0 Å². The Hall–Kier alpha value is -1.21. The maximum Gasteiger partial charge on any atom is 0.329 e. The first kappa shape index (κ1) is 7.89. The van der Waals surface area contributed by atoms with Crippen molar-refractivity contribution in [2.75, 3.05) is 0 Å². The molecule has 0 aliphatic heterocycles. The lowest BCUT2D eigenvalue weighted by atomic mass is 10.1. The van der Waals surface area contributed by atoms with Gasteiger partial charge in [0.05, 0.1) is 5.57 Å². The summed E-state index contributed by atoms with van der Waals surface area (Å²) in [7, 11) is 0. The first-order valence-electron chi connectivity index (χ1n) is 2.80. The molecule has 4 heteroatoms. The second-order valence-electron chi connectivity index (χ2n) is 1.87. The minimum Gasteiger partial charge on any atom is -0.361 e. The van der Waals surface area contributed by atoms with Crippen molar-refractivity contribution in [3.8, 4) is 0 Å². The van der Waals surface area contributed by atoms with Crippen LogP contribution in [0.1, 0.15) is 0 Å². The zero-order valence-electron chi connectivity index (χ0n) is 5.41. The molecule has 54 valence electrons. The van der Waals surface area contributed by atoms with Gasteiger partial charge in [0, 0.05) is 6.08 Å². The van der Waals surface area contributed by atoms with Crippen LogP contribution in [-0.4, -0.2) is 16.4 Å². The van der Waals surface area contributed by atoms with E-state index in [1.54, 1.807) is 5.94 Å². The van der Waals surface area contributed by atoms with Crippen LogP contribution in [0.2, 0.25) is 0 Å². The normalized spacial score (nSPS) is 15.5. The molecule has 0 aromatic heterocycles. The summed E-state index contributed by atoms with van der Waals surface area (Å²) in [6.45, 7) is 0. The smallest absolute Gasteiger partial charge is 0.329 e. The summed E-state index contributed by atoms with van der Waals surface area (Å²) in [6.07, 6.45) is 4.57. The Labute approximate surface area is 71.5 Å². The van der Waals surface area contributed by atoms with Crippen LogP contribution in [0.3, 0.4) is 0 Å². The second kappa shape index (κ2) is 3.26. The molecule has 0 fully saturated rings. The van der Waals surface area contributed by atoms with Crippen LogP contribution in [0.25, 0.3) is 5.53 Å². The van der Waals surface area contributed by atoms with Crippen molar-refractivity contribution in [2.24, 2.45) is 0 Å². The predicted molar refractivity (Wildman–Crippen MR) is 44.0 cm³/mol. The molecular weight excluding hydrogens is 208 g/mol. The van der Waals surface area contributed by atoms with Gasteiger partial charge in [0.15, 0.2) is 0 Å². The first-order valence-corrected chi connectivity index (χ1v) is 3.60. The monoisotopic (exact) mass is 210 g/mol. The number of hydrogen-bond acceptors (Lipinski definition) is 1. The molecule has 0 N–H and O–H groups in total. The van der Waals surface area contributed by atoms with Crippen LogP contribution in [-0.2, 0) is 4.79 Å². The van der Waals surface area contributed by atoms with Gasteiger partial charge in [0.2, 0.25) is 0 Å². The van der Waals surface area contributed by atoms with E-state index in [1.807, 2.05) is 0 Å². The van der Waals surface area contributed by atoms with E-state index in [0.717, 1.165) is 0 Å². The molecule has 0 aromatic rings. The fraction of sp³-hybridized carbons (Fsp3) is 0. The van der Waals surface area contributed by atoms with Crippen molar-refractivity contribution in [2.45, 2.75) is 0 Å². The lowest BCUT2D eigenvalue weighted by Gasteiger charge is -1.94. The molecule has 0 unspecified atom stereocenters. The molecule has 0 amide bonds. The van der Waals surface area contributed by atoms with Crippen molar-refractivity contribution in [3.63, 3.8) is 0 Å². The molecule has 1 aliphatic rings. The van der Waals surface area contributed by atoms with Crippen molar-refractivity contribution in [1.29, 1.82) is 0 Å². The number of carbonyl (C=O) groups excluding carboxylic acids is 1. The van der Waals surface area contributed by atoms with Crippen LogP contribution in [0, 0.1) is 0 Å². The molecule has 0 saturated heterocycles. The Morgan fingerprint density at radius 2 is 2.27 bits per heavy atom. The third-order valence-electron chi connectivity index (χ3n) is 1.17. The molecule has 3 nitrogen and oxygen atoms in total. The summed E-state index contributed by atoms with van der Waals surface area (Å²) < 4.78 is 0.570. The molecular formula is C7H3BrN2O. The van der Waals surface area contributed by atoms with E-state index in [1.165, 1.54) is 18.2 Å². The number of hydrogen-bond donors (Lipinski definition) is 0. The molecule has 0 atom stereocenters. The number of halogens is 1. The highest BCUT2D eigenvalue weighted by molar-refractivity contribution is 9.12. The SMILES string of the molecule is [N-]=[N+]=C1C=CC(=C=O)C=C1Br. The maximum absolute atomic E-state index is 10.1. The first-order chi connectivity index (χ1) is 5.27. The highest BCUT2D eigenvalue weighted by atomic mass is 79.9. The quantitative estimate of drug-likeness (QED) is 0.338. The Morgan fingerprint density at radius 3 is 2.73 bits per heavy atom. The van der Waals surface area contributed by atoms with Gasteiger partial charge in [-0.1, -0.05) is 0 Å². The summed E-state index contributed by atoms with van der Waals surface area (Å²) in [5.41, 5.74) is 9.19. The molecule has 0 bridgehead atoms. The van der Waals surface area contributed by atoms with Crippen LogP contribution >= 0.6 is 15.9 Å². The molecule has 1 rings (SSSR count). The molecule has 1 aliphatic carbocycles. The fourth-order valence-electron chi connectivity index (χ4n) is 0.651. The standard InChI is InChI=1S/C7H3BrN2O/c8-6-3-5(4-11)1-2-7(6)10-9/h1-3H. The fourth-order valence-corrected chi connectivity index (χ4v) is 1.11. The Bertz CT molecular complexity index is 341. The van der Waals surface area contributed by atoms with Crippen molar-refractivity contribution < 1.29 is 9.58 Å². The maximum atomic E-state index is 10.1. The van der Waals surface area contributed by atoms with Crippen LogP contribution in [0.4, 0.5) is 0 Å². The molecule has 0 aromatic carbocycles. The van der Waals surface area contributed by atoms with Crippen molar-refractivity contribution >= 4 is 27.6 Å². The van der Waals surface area contributed by atoms with Gasteiger partial charge in [-0.3, -0.25) is 0 Å². The third kappa shape index (κ3) is 1.63. The highest BCUT2D eigenvalue weighted by Crippen LogP contribution is 2.15. The highest BCUT2D eigenvalue weighted by Gasteiger charge is 2.13. The predicted octanol–water partition coefficient (Wildman–Crippen LogP) is 1.26. The molecule has 11 heavy (non-hydrogen) atoms. The average Bonchev–Trinajstić information content (AvgIpc) is 2.04. The van der Waals surface area contributed by atoms with E-state index in [0.29, 0.717) is 15.8 Å².